The fourth-order valence-electron chi connectivity index (χ4n) is 12.6. The Bertz CT molecular complexity index is 1610. The van der Waals surface area contributed by atoms with E-state index in [4.69, 9.17) is 9.47 Å². The summed E-state index contributed by atoms with van der Waals surface area (Å²) in [4.78, 5) is 13.3. The van der Waals surface area contributed by atoms with Gasteiger partial charge in [-0.15, -0.1) is 0 Å². The van der Waals surface area contributed by atoms with Crippen LogP contribution in [0.1, 0.15) is 380 Å². The van der Waals surface area contributed by atoms with Gasteiger partial charge in [0.25, 0.3) is 0 Å². The van der Waals surface area contributed by atoms with Gasteiger partial charge >= 0.3 is 0 Å². The van der Waals surface area contributed by atoms with E-state index in [1.165, 1.54) is 289 Å². The summed E-state index contributed by atoms with van der Waals surface area (Å²) in [6.45, 7) is 3.50. The zero-order valence-electron chi connectivity index (χ0n) is 58.9. The Morgan fingerprint density at radius 2 is 0.667 bits per heavy atom. The molecule has 8 N–H and O–H groups in total. The van der Waals surface area contributed by atoms with Crippen molar-refractivity contribution in [2.24, 2.45) is 0 Å². The molecule has 1 heterocycles. The highest BCUT2D eigenvalue weighted by Gasteiger charge is 2.44. The predicted molar refractivity (Wildman–Crippen MR) is 381 cm³/mol. The molecule has 1 saturated heterocycles. The molecule has 0 aromatic heterocycles. The minimum absolute atomic E-state index is 0.242. The van der Waals surface area contributed by atoms with Crippen molar-refractivity contribution in [1.29, 1.82) is 0 Å². The summed E-state index contributed by atoms with van der Waals surface area (Å²) < 4.78 is 11.2. The van der Waals surface area contributed by atoms with Crippen LogP contribution in [0.2, 0.25) is 0 Å². The smallest absolute Gasteiger partial charge is 0.249 e. The summed E-state index contributed by atoms with van der Waals surface area (Å²) in [6.07, 6.45) is 78.0. The number of amides is 1. The minimum Gasteiger partial charge on any atom is -0.394 e. The molecule has 1 aliphatic heterocycles. The lowest BCUT2D eigenvalue weighted by Gasteiger charge is -2.40. The number of ether oxygens (including phenoxy) is 2. The third-order valence-corrected chi connectivity index (χ3v) is 18.8. The van der Waals surface area contributed by atoms with Gasteiger partial charge in [0.05, 0.1) is 25.4 Å². The van der Waals surface area contributed by atoms with E-state index in [2.05, 4.69) is 67.8 Å². The van der Waals surface area contributed by atoms with E-state index >= 15 is 0 Å². The van der Waals surface area contributed by atoms with E-state index in [-0.39, 0.29) is 12.8 Å². The van der Waals surface area contributed by atoms with Gasteiger partial charge in [0, 0.05) is 0 Å². The molecule has 11 nitrogen and oxygen atoms in total. The standard InChI is InChI=1S/C79H149NO10/c1-3-5-7-9-11-13-15-17-19-21-23-25-27-29-31-33-34-35-36-37-39-41-43-45-47-49-51-53-55-57-59-61-63-65-67-72(83)78(88)80-70(69-89-79-77(87)76(86)75(85)73(68-81)90-79)74(84)71(82)66-64-62-60-58-56-54-52-50-48-46-44-42-40-38-32-30-28-26-24-22-20-18-16-14-12-10-8-6-4-2/h33-34,42,44,50,52,58,60,70-77,79,81-87H,3-32,35-41,43,45-49,51,53-57,59,61-69H2,1-2H3,(H,80,88)/b34-33-,44-42+,52-50+,60-58+. The monoisotopic (exact) mass is 1270 g/mol. The number of allylic oxidation sites excluding steroid dienone is 8. The lowest BCUT2D eigenvalue weighted by molar-refractivity contribution is -0.303. The Morgan fingerprint density at radius 1 is 0.378 bits per heavy atom. The molecule has 0 aromatic carbocycles. The fourth-order valence-corrected chi connectivity index (χ4v) is 12.6. The molecule has 1 amide bonds. The van der Waals surface area contributed by atoms with Crippen molar-refractivity contribution in [3.8, 4) is 0 Å². The molecule has 1 aliphatic rings. The first-order chi connectivity index (χ1) is 44.2. The number of unbranched alkanes of at least 4 members (excludes halogenated alkanes) is 49. The van der Waals surface area contributed by atoms with Crippen molar-refractivity contribution in [2.75, 3.05) is 13.2 Å². The third kappa shape index (κ3) is 53.3. The third-order valence-electron chi connectivity index (χ3n) is 18.8. The number of aliphatic hydroxyl groups excluding tert-OH is 7. The van der Waals surface area contributed by atoms with E-state index in [0.717, 1.165) is 44.9 Å². The maximum absolute atomic E-state index is 13.3. The van der Waals surface area contributed by atoms with Gasteiger partial charge in [0.15, 0.2) is 6.29 Å². The van der Waals surface area contributed by atoms with Crippen LogP contribution in [0.25, 0.3) is 0 Å². The summed E-state index contributed by atoms with van der Waals surface area (Å²) in [5.74, 6) is -0.707. The van der Waals surface area contributed by atoms with Gasteiger partial charge in [0.2, 0.25) is 5.91 Å². The maximum Gasteiger partial charge on any atom is 0.249 e. The van der Waals surface area contributed by atoms with Gasteiger partial charge in [0.1, 0.15) is 36.6 Å². The molecule has 0 aromatic rings. The first-order valence-corrected chi connectivity index (χ1v) is 39.0. The van der Waals surface area contributed by atoms with Crippen LogP contribution in [0.4, 0.5) is 0 Å². The maximum atomic E-state index is 13.3. The summed E-state index contributed by atoms with van der Waals surface area (Å²) in [7, 11) is 0. The van der Waals surface area contributed by atoms with Crippen LogP contribution in [0.5, 0.6) is 0 Å². The second-order valence-electron chi connectivity index (χ2n) is 27.4. The molecule has 1 rings (SSSR count). The molecule has 0 aliphatic carbocycles. The second-order valence-corrected chi connectivity index (χ2v) is 27.4. The summed E-state index contributed by atoms with van der Waals surface area (Å²) >= 11 is 0. The molecule has 0 spiro atoms. The molecule has 0 bridgehead atoms. The normalized spacial score (nSPS) is 18.7. The lowest BCUT2D eigenvalue weighted by Crippen LogP contribution is -2.60. The van der Waals surface area contributed by atoms with Crippen molar-refractivity contribution >= 4 is 5.91 Å². The van der Waals surface area contributed by atoms with Crippen LogP contribution in [0, 0.1) is 0 Å². The van der Waals surface area contributed by atoms with Crippen LogP contribution in [-0.4, -0.2) is 110 Å². The second kappa shape index (κ2) is 67.1. The van der Waals surface area contributed by atoms with Crippen molar-refractivity contribution in [3.63, 3.8) is 0 Å². The van der Waals surface area contributed by atoms with E-state index < -0.39 is 74.2 Å². The van der Waals surface area contributed by atoms with Gasteiger partial charge in [-0.3, -0.25) is 4.79 Å². The van der Waals surface area contributed by atoms with Crippen molar-refractivity contribution in [1.82, 2.24) is 5.32 Å². The number of carbonyl (C=O) groups is 1. The van der Waals surface area contributed by atoms with Crippen LogP contribution < -0.4 is 5.32 Å². The molecule has 9 unspecified atom stereocenters. The fraction of sp³-hybridized carbons (Fsp3) is 0.886. The first-order valence-electron chi connectivity index (χ1n) is 39.0. The molecule has 9 atom stereocenters. The van der Waals surface area contributed by atoms with E-state index in [0.29, 0.717) is 19.3 Å². The molecule has 0 saturated carbocycles. The zero-order chi connectivity index (χ0) is 65.3. The van der Waals surface area contributed by atoms with Gasteiger partial charge in [-0.1, -0.05) is 339 Å². The Morgan fingerprint density at radius 3 is 0.989 bits per heavy atom. The Labute approximate surface area is 555 Å². The van der Waals surface area contributed by atoms with Gasteiger partial charge in [-0.2, -0.15) is 0 Å². The number of aliphatic hydroxyl groups is 7. The van der Waals surface area contributed by atoms with Gasteiger partial charge in [-0.25, -0.2) is 0 Å². The molecule has 90 heavy (non-hydrogen) atoms. The van der Waals surface area contributed by atoms with E-state index in [9.17, 15) is 40.5 Å². The molecule has 0 radical (unpaired) electrons. The van der Waals surface area contributed by atoms with Crippen LogP contribution >= 0.6 is 0 Å². The molecular formula is C79H149NO10. The predicted octanol–water partition coefficient (Wildman–Crippen LogP) is 19.9. The summed E-state index contributed by atoms with van der Waals surface area (Å²) in [5, 5.41) is 76.6. The zero-order valence-corrected chi connectivity index (χ0v) is 58.9. The Kier molecular flexibility index (Phi) is 64.1. The molecule has 530 valence electrons. The topological polar surface area (TPSA) is 189 Å². The first kappa shape index (κ1) is 86.1. The summed E-state index contributed by atoms with van der Waals surface area (Å²) in [5.41, 5.74) is 0. The van der Waals surface area contributed by atoms with Crippen molar-refractivity contribution in [3.05, 3.63) is 48.6 Å². The largest absolute Gasteiger partial charge is 0.394 e. The van der Waals surface area contributed by atoms with Crippen LogP contribution in [-0.2, 0) is 14.3 Å². The highest BCUT2D eigenvalue weighted by molar-refractivity contribution is 5.80. The Balaban J connectivity index is 2.18. The average molecular weight is 1270 g/mol. The average Bonchev–Trinajstić information content (AvgIpc) is 1.22. The molecule has 11 heteroatoms. The van der Waals surface area contributed by atoms with Gasteiger partial charge in [-0.05, 0) is 89.9 Å². The van der Waals surface area contributed by atoms with Crippen molar-refractivity contribution in [2.45, 2.75) is 435 Å². The van der Waals surface area contributed by atoms with E-state index in [1.807, 2.05) is 0 Å². The number of hydrogen-bond donors (Lipinski definition) is 8. The van der Waals surface area contributed by atoms with E-state index in [1.54, 1.807) is 0 Å². The van der Waals surface area contributed by atoms with Gasteiger partial charge < -0.3 is 50.5 Å². The number of carbonyl (C=O) groups excluding carboxylic acids is 1. The highest BCUT2D eigenvalue weighted by Crippen LogP contribution is 2.24. The number of nitrogens with one attached hydrogen (secondary N) is 1. The van der Waals surface area contributed by atoms with Crippen LogP contribution in [0.3, 0.4) is 0 Å². The molecular weight excluding hydrogens is 1120 g/mol. The lowest BCUT2D eigenvalue weighted by atomic mass is 9.98. The number of hydrogen-bond acceptors (Lipinski definition) is 10. The van der Waals surface area contributed by atoms with Crippen molar-refractivity contribution < 1.29 is 50.0 Å². The highest BCUT2D eigenvalue weighted by atomic mass is 16.7. The number of rotatable bonds is 69. The SMILES string of the molecule is CCCCCCCCCCCCCCCC/C=C\CCCCCCCCCCCCCCCCCCC(O)C(=O)NC(COC1OC(CO)C(O)C(O)C1O)C(O)C(O)CCC/C=C/CC/C=C/CC/C=C/CCCCCCCCCCCCCCCCCC. The quantitative estimate of drug-likeness (QED) is 0.0215. The Hall–Kier alpha value is -1.93. The van der Waals surface area contributed by atoms with Crippen LogP contribution in [0.15, 0.2) is 48.6 Å². The minimum atomic E-state index is -1.68. The molecule has 1 fully saturated rings. The summed E-state index contributed by atoms with van der Waals surface area (Å²) in [6, 6.07) is -1.20.